The van der Waals surface area contributed by atoms with E-state index < -0.39 is 0 Å². The molecule has 0 aliphatic heterocycles. The normalized spacial score (nSPS) is 20.7. The predicted octanol–water partition coefficient (Wildman–Crippen LogP) is 3.33. The van der Waals surface area contributed by atoms with Crippen molar-refractivity contribution in [3.05, 3.63) is 33.3 Å². The maximum absolute atomic E-state index is 9.93. The monoisotopic (exact) mass is 210 g/mol. The van der Waals surface area contributed by atoms with Crippen molar-refractivity contribution < 1.29 is 5.11 Å². The van der Waals surface area contributed by atoms with E-state index in [-0.39, 0.29) is 6.10 Å². The maximum Gasteiger partial charge on any atom is 0.0796 e. The molecular weight excluding hydrogens is 196 g/mol. The van der Waals surface area contributed by atoms with Gasteiger partial charge in [0.15, 0.2) is 0 Å². The van der Waals surface area contributed by atoms with Crippen LogP contribution in [0.25, 0.3) is 0 Å². The first-order valence-electron chi connectivity index (χ1n) is 5.08. The molecule has 0 bridgehead atoms. The van der Waals surface area contributed by atoms with Gasteiger partial charge in [0.1, 0.15) is 0 Å². The number of hydrogen-bond donors (Lipinski definition) is 1. The Balaban J connectivity index is 2.67. The fraction of sp³-hybridized carbons (Fsp3) is 0.500. The third kappa shape index (κ3) is 1.45. The highest BCUT2D eigenvalue weighted by Crippen LogP contribution is 2.37. The summed E-state index contributed by atoms with van der Waals surface area (Å²) in [6.07, 6.45) is 2.60. The Morgan fingerprint density at radius 1 is 1.43 bits per heavy atom. The lowest BCUT2D eigenvalue weighted by molar-refractivity contribution is 0.156. The van der Waals surface area contributed by atoms with E-state index in [0.29, 0.717) is 0 Å². The topological polar surface area (TPSA) is 20.2 Å². The van der Waals surface area contributed by atoms with Gasteiger partial charge in [-0.3, -0.25) is 0 Å². The Labute approximate surface area is 89.7 Å². The van der Waals surface area contributed by atoms with Crippen LogP contribution in [0.15, 0.2) is 6.07 Å². The van der Waals surface area contributed by atoms with Crippen LogP contribution in [0.1, 0.15) is 41.2 Å². The SMILES string of the molecule is Cc1cc(Cl)c2c(c1C)[C@@H](O)CCC2. The highest BCUT2D eigenvalue weighted by Gasteiger charge is 2.22. The van der Waals surface area contributed by atoms with E-state index in [1.807, 2.05) is 13.0 Å². The van der Waals surface area contributed by atoms with Gasteiger partial charge in [0.25, 0.3) is 0 Å². The molecule has 0 fully saturated rings. The van der Waals surface area contributed by atoms with Gasteiger partial charge in [0, 0.05) is 5.02 Å². The molecule has 0 radical (unpaired) electrons. The second kappa shape index (κ2) is 3.56. The Morgan fingerprint density at radius 2 is 2.14 bits per heavy atom. The zero-order chi connectivity index (χ0) is 10.3. The Morgan fingerprint density at radius 3 is 2.86 bits per heavy atom. The molecule has 0 unspecified atom stereocenters. The molecule has 1 aliphatic carbocycles. The smallest absolute Gasteiger partial charge is 0.0796 e. The first-order chi connectivity index (χ1) is 6.61. The number of aliphatic hydroxyl groups is 1. The van der Waals surface area contributed by atoms with Crippen molar-refractivity contribution in [2.45, 2.75) is 39.2 Å². The number of benzene rings is 1. The highest BCUT2D eigenvalue weighted by atomic mass is 35.5. The predicted molar refractivity (Wildman–Crippen MR) is 58.8 cm³/mol. The molecule has 1 atom stereocenters. The van der Waals surface area contributed by atoms with Crippen LogP contribution in [0, 0.1) is 13.8 Å². The van der Waals surface area contributed by atoms with Crippen LogP contribution < -0.4 is 0 Å². The summed E-state index contributed by atoms with van der Waals surface area (Å²) in [4.78, 5) is 0. The molecule has 0 spiro atoms. The van der Waals surface area contributed by atoms with Crippen LogP contribution in [0.3, 0.4) is 0 Å². The molecule has 0 aromatic heterocycles. The van der Waals surface area contributed by atoms with Crippen molar-refractivity contribution in [3.63, 3.8) is 0 Å². The summed E-state index contributed by atoms with van der Waals surface area (Å²) in [6.45, 7) is 4.11. The average Bonchev–Trinajstić information content (AvgIpc) is 2.14. The molecule has 0 heterocycles. The number of fused-ring (bicyclic) bond motifs is 1. The van der Waals surface area contributed by atoms with Crippen LogP contribution in [0.5, 0.6) is 0 Å². The fourth-order valence-electron chi connectivity index (χ4n) is 2.27. The number of rotatable bonds is 0. The number of hydrogen-bond acceptors (Lipinski definition) is 1. The lowest BCUT2D eigenvalue weighted by Crippen LogP contribution is -2.12. The molecule has 1 N–H and O–H groups in total. The minimum atomic E-state index is -0.309. The van der Waals surface area contributed by atoms with Gasteiger partial charge < -0.3 is 5.11 Å². The summed E-state index contributed by atoms with van der Waals surface area (Å²) in [5.74, 6) is 0. The molecule has 14 heavy (non-hydrogen) atoms. The van der Waals surface area contributed by atoms with Crippen molar-refractivity contribution in [2.24, 2.45) is 0 Å². The summed E-state index contributed by atoms with van der Waals surface area (Å²) in [5, 5.41) is 10.8. The number of halogens is 1. The van der Waals surface area contributed by atoms with Gasteiger partial charge in [0.2, 0.25) is 0 Å². The second-order valence-corrected chi connectivity index (χ2v) is 4.51. The fourth-order valence-corrected chi connectivity index (χ4v) is 2.63. The van der Waals surface area contributed by atoms with E-state index in [1.54, 1.807) is 0 Å². The minimum absolute atomic E-state index is 0.309. The lowest BCUT2D eigenvalue weighted by atomic mass is 9.85. The van der Waals surface area contributed by atoms with Crippen LogP contribution in [0.2, 0.25) is 5.02 Å². The Hall–Kier alpha value is -0.530. The van der Waals surface area contributed by atoms with Gasteiger partial charge >= 0.3 is 0 Å². The highest BCUT2D eigenvalue weighted by molar-refractivity contribution is 6.31. The van der Waals surface area contributed by atoms with Crippen molar-refractivity contribution in [3.8, 4) is 0 Å². The van der Waals surface area contributed by atoms with Gasteiger partial charge in [-0.05, 0) is 61.4 Å². The molecule has 0 saturated heterocycles. The van der Waals surface area contributed by atoms with E-state index >= 15 is 0 Å². The Kier molecular flexibility index (Phi) is 2.54. The van der Waals surface area contributed by atoms with Crippen molar-refractivity contribution in [1.29, 1.82) is 0 Å². The molecule has 2 rings (SSSR count). The molecule has 0 saturated carbocycles. The largest absolute Gasteiger partial charge is 0.388 e. The molecule has 0 amide bonds. The van der Waals surface area contributed by atoms with Gasteiger partial charge in [-0.15, -0.1) is 0 Å². The first-order valence-corrected chi connectivity index (χ1v) is 5.45. The van der Waals surface area contributed by atoms with E-state index in [0.717, 1.165) is 35.4 Å². The third-order valence-corrected chi connectivity index (χ3v) is 3.53. The van der Waals surface area contributed by atoms with E-state index in [1.165, 1.54) is 11.1 Å². The van der Waals surface area contributed by atoms with Crippen LogP contribution >= 0.6 is 11.6 Å². The lowest BCUT2D eigenvalue weighted by Gasteiger charge is -2.25. The zero-order valence-electron chi connectivity index (χ0n) is 8.60. The molecular formula is C12H15ClO. The van der Waals surface area contributed by atoms with Crippen LogP contribution in [0.4, 0.5) is 0 Å². The molecule has 76 valence electrons. The number of aryl methyl sites for hydroxylation is 1. The summed E-state index contributed by atoms with van der Waals surface area (Å²) >= 11 is 6.17. The average molecular weight is 211 g/mol. The first kappa shape index (κ1) is 10.0. The van der Waals surface area contributed by atoms with Gasteiger partial charge in [-0.2, -0.15) is 0 Å². The van der Waals surface area contributed by atoms with Crippen molar-refractivity contribution in [1.82, 2.24) is 0 Å². The van der Waals surface area contributed by atoms with E-state index in [2.05, 4.69) is 6.92 Å². The van der Waals surface area contributed by atoms with Gasteiger partial charge in [-0.25, -0.2) is 0 Å². The van der Waals surface area contributed by atoms with Gasteiger partial charge in [0.05, 0.1) is 6.10 Å². The Bertz CT molecular complexity index is 371. The summed E-state index contributed by atoms with van der Waals surface area (Å²) in [7, 11) is 0. The van der Waals surface area contributed by atoms with Crippen LogP contribution in [-0.2, 0) is 6.42 Å². The standard InChI is InChI=1S/C12H15ClO/c1-7-6-10(13)9-4-3-5-11(14)12(9)8(7)2/h6,11,14H,3-5H2,1-2H3/t11-/m0/s1. The summed E-state index contributed by atoms with van der Waals surface area (Å²) in [6, 6.07) is 2.01. The molecule has 1 aromatic rings. The number of aliphatic hydroxyl groups excluding tert-OH is 1. The molecule has 1 aromatic carbocycles. The summed E-state index contributed by atoms with van der Waals surface area (Å²) in [5.41, 5.74) is 4.63. The second-order valence-electron chi connectivity index (χ2n) is 4.10. The third-order valence-electron chi connectivity index (χ3n) is 3.19. The maximum atomic E-state index is 9.93. The zero-order valence-corrected chi connectivity index (χ0v) is 9.36. The quantitative estimate of drug-likeness (QED) is 0.697. The van der Waals surface area contributed by atoms with Crippen LogP contribution in [-0.4, -0.2) is 5.11 Å². The molecule has 2 heteroatoms. The molecule has 1 nitrogen and oxygen atoms in total. The van der Waals surface area contributed by atoms with Gasteiger partial charge in [-0.1, -0.05) is 11.6 Å². The minimum Gasteiger partial charge on any atom is -0.388 e. The summed E-state index contributed by atoms with van der Waals surface area (Å²) < 4.78 is 0. The van der Waals surface area contributed by atoms with E-state index in [9.17, 15) is 5.11 Å². The van der Waals surface area contributed by atoms with Crippen molar-refractivity contribution in [2.75, 3.05) is 0 Å². The van der Waals surface area contributed by atoms with Crippen molar-refractivity contribution >= 4 is 11.6 Å². The van der Waals surface area contributed by atoms with E-state index in [4.69, 9.17) is 11.6 Å². The molecule has 1 aliphatic rings.